The molecule has 0 fully saturated rings. The first-order chi connectivity index (χ1) is 52.6. The summed E-state index contributed by atoms with van der Waals surface area (Å²) >= 11 is 55.5. The molecule has 638 valence electrons. The van der Waals surface area contributed by atoms with Gasteiger partial charge in [-0.15, -0.1) is 24.8 Å². The number of halogens is 15. The molecule has 0 bridgehead atoms. The molecule has 0 aliphatic heterocycles. The van der Waals surface area contributed by atoms with Crippen molar-refractivity contribution < 1.29 is 73.7 Å². The van der Waals surface area contributed by atoms with E-state index in [0.717, 1.165) is 44.3 Å². The predicted octanol–water partition coefficient (Wildman–Crippen LogP) is 23.2. The number of hydrogen-bond donors (Lipinski definition) is 0. The number of anilines is 4. The quantitative estimate of drug-likeness (QED) is 0.0117. The van der Waals surface area contributed by atoms with Crippen LogP contribution in [0.1, 0.15) is 122 Å². The van der Waals surface area contributed by atoms with Crippen molar-refractivity contribution in [3.63, 3.8) is 0 Å². The van der Waals surface area contributed by atoms with Crippen LogP contribution in [0.4, 0.5) is 22.7 Å². The fraction of sp³-hybridized carbons (Fsp3) is 0.256. The van der Waals surface area contributed by atoms with Gasteiger partial charge in [0, 0.05) is 135 Å². The number of carbonyl (C=O) groups is 3. The van der Waals surface area contributed by atoms with Crippen LogP contribution in [-0.4, -0.2) is 137 Å². The van der Waals surface area contributed by atoms with Crippen LogP contribution in [0, 0.1) is 6.92 Å². The Morgan fingerprint density at radius 3 is 0.975 bits per heavy atom. The Morgan fingerprint density at radius 1 is 0.475 bits per heavy atom. The minimum atomic E-state index is -2.42. The summed E-state index contributed by atoms with van der Waals surface area (Å²) in [5, 5.41) is 13.7. The van der Waals surface area contributed by atoms with E-state index in [2.05, 4.69) is 312 Å². The van der Waals surface area contributed by atoms with Gasteiger partial charge in [-0.3, -0.25) is 14.4 Å². The third-order valence-electron chi connectivity index (χ3n) is 14.9. The first-order valence-corrected chi connectivity index (χ1v) is 44.2. The van der Waals surface area contributed by atoms with Crippen LogP contribution in [0.3, 0.4) is 0 Å². The molecule has 9 aromatic carbocycles. The summed E-state index contributed by atoms with van der Waals surface area (Å²) in [6.07, 6.45) is 9.62. The molecule has 0 aromatic heterocycles. The van der Waals surface area contributed by atoms with Crippen LogP contribution in [0.2, 0.25) is 0 Å². The van der Waals surface area contributed by atoms with E-state index >= 15 is 0 Å². The predicted molar refractivity (Wildman–Crippen MR) is 523 cm³/mol. The van der Waals surface area contributed by atoms with Crippen molar-refractivity contribution in [1.29, 1.82) is 0 Å². The average Bonchev–Trinajstić information content (AvgIpc) is 0.807. The zero-order valence-corrected chi connectivity index (χ0v) is 85.1. The van der Waals surface area contributed by atoms with Crippen molar-refractivity contribution in [2.45, 2.75) is 71.4 Å². The Balaban J connectivity index is -0.000000249. The molecule has 0 saturated carbocycles. The molecule has 0 spiro atoms. The van der Waals surface area contributed by atoms with Crippen molar-refractivity contribution >= 4 is 275 Å². The number of benzene rings is 9. The zero-order chi connectivity index (χ0) is 83.6. The number of nitrogens with zero attached hydrogens (tertiary/aromatic N) is 5. The van der Waals surface area contributed by atoms with Crippen molar-refractivity contribution in [1.82, 2.24) is 0 Å². The number of carbonyl (C=O) groups excluding carboxylic acids is 3. The number of rotatable bonds is 18. The monoisotopic (exact) mass is 2290 g/mol. The number of aryl methyl sites for hydroxylation is 1. The SMILES string of the molecule is C.C.C.C.CN(C)c1ccc(C(=C2C=CC(=[N+](C)C)C=C2)c2ccc(CBr)cc2)cc1.CN(C)c1ccc(C(c2ccc(CBr)cc2)c2ccc(N(C)C)cc2)cc1.CN(C)c1ccccc1.Cc1ccc(C(=O)Cl)cc1.Cl.Cl.ClC(Cl)(Cl)Cl.ClC(Cl)Cl.O=BOO[O-].O=C(Cl)c1ccc(CBr)cc1.O=Cc1ccc(CBr)cc1.[Na+].[O]=[Pb]=[O]. The standard InChI is InChI=1S/C24H27BrN2.C24H26BrN2.C8H6BrClO.C8H7BrO.C8H7ClO.C8H11N.CCl4.CHCl3.4CH4.BHO4.2ClH.Na.2O.Pb/c2*1-26(2)22-13-9-20(10-14-22)24(19-7-5-18(17-25)6-8-19)21-11-15-23(16-12-21)27(3)4;9-5-6-1-3-7(4-2-6)8(10)11;9-5-7-1-3-8(6-10)4-2-7;1-6-2-4-7(5-3-6)8(9)10;1-9(2)8-6-4-3-5-7-8;2-1(3,4)5;2-1(3)4;;;;;2-1-4-5-3;;;;;;/h5-16,24H,17H2,1-4H3;5-16H,17H2,1-4H3;1-4H,5H2;1-4,6H,5H2;2-5H,1H3;3-7H,1-2H3;;1H;4*1H4;3H;2*1H;;;;/q;+1;;;;;;;;;;;;;;+1;;;/p-1. The summed E-state index contributed by atoms with van der Waals surface area (Å²) in [4.78, 5) is 42.9. The molecule has 0 saturated heterocycles. The van der Waals surface area contributed by atoms with E-state index in [9.17, 15) is 14.4 Å². The van der Waals surface area contributed by atoms with E-state index in [0.29, 0.717) is 11.1 Å². The minimum absolute atomic E-state index is 0. The van der Waals surface area contributed by atoms with Gasteiger partial charge >= 0.3 is 86.3 Å². The molecule has 32 heteroatoms. The number of allylic oxidation sites excluding steroid dienone is 5. The van der Waals surface area contributed by atoms with Crippen LogP contribution < -0.4 is 54.4 Å². The molecule has 14 nitrogen and oxygen atoms in total. The molecular formula is C86H103BBr4Cl11N5NaO9Pb+. The van der Waals surface area contributed by atoms with Crippen LogP contribution in [0.5, 0.6) is 0 Å². The second-order valence-electron chi connectivity index (χ2n) is 23.9. The van der Waals surface area contributed by atoms with Gasteiger partial charge in [0.2, 0.25) is 0 Å². The van der Waals surface area contributed by atoms with Crippen molar-refractivity contribution in [2.24, 2.45) is 0 Å². The van der Waals surface area contributed by atoms with E-state index in [1.165, 1.54) is 84.1 Å². The summed E-state index contributed by atoms with van der Waals surface area (Å²) in [6, 6.07) is 76.3. The Morgan fingerprint density at radius 2 is 0.729 bits per heavy atom. The van der Waals surface area contributed by atoms with Gasteiger partial charge in [0.15, 0.2) is 10.0 Å². The maximum absolute atomic E-state index is 10.6. The van der Waals surface area contributed by atoms with Gasteiger partial charge in [0.1, 0.15) is 20.4 Å². The number of alkyl halides is 11. The topological polar surface area (TPSA) is 160 Å². The van der Waals surface area contributed by atoms with Gasteiger partial charge in [-0.25, -0.2) is 4.58 Å². The van der Waals surface area contributed by atoms with E-state index in [1.54, 1.807) is 24.3 Å². The second kappa shape index (κ2) is 73.6. The van der Waals surface area contributed by atoms with Crippen LogP contribution in [0.15, 0.2) is 254 Å². The molecular weight excluding hydrogens is 2200 g/mol. The fourth-order valence-corrected chi connectivity index (χ4v) is 11.0. The van der Waals surface area contributed by atoms with Crippen LogP contribution in [-0.2, 0) is 41.2 Å². The van der Waals surface area contributed by atoms with Crippen LogP contribution in [0.25, 0.3) is 5.57 Å². The van der Waals surface area contributed by atoms with Gasteiger partial charge in [-0.05, 0) is 176 Å². The van der Waals surface area contributed by atoms with E-state index < -0.39 is 42.3 Å². The number of para-hydroxylation sites is 1. The van der Waals surface area contributed by atoms with Gasteiger partial charge in [-0.2, -0.15) is 0 Å². The molecule has 10 rings (SSSR count). The molecule has 9 aromatic rings. The first kappa shape index (κ1) is 127. The Labute approximate surface area is 827 Å². The molecule has 0 atom stereocenters. The average molecular weight is 2300 g/mol. The fourth-order valence-electron chi connectivity index (χ4n) is 9.26. The first-order valence-electron chi connectivity index (χ1n) is 32.9. The maximum atomic E-state index is 10.6. The molecule has 1 aliphatic rings. The second-order valence-corrected chi connectivity index (χ2v) is 32.8. The molecule has 1 aliphatic carbocycles. The third kappa shape index (κ3) is 55.5. The Bertz CT molecular complexity index is 4260. The van der Waals surface area contributed by atoms with Gasteiger partial charge in [-0.1, -0.05) is 332 Å². The Kier molecular flexibility index (Phi) is 79.5. The van der Waals surface area contributed by atoms with Crippen LogP contribution >= 0.6 is 193 Å². The molecule has 0 radical (unpaired) electrons. The summed E-state index contributed by atoms with van der Waals surface area (Å²) in [7, 11) is 20.5. The zero-order valence-electron chi connectivity index (χ0n) is 64.4. The van der Waals surface area contributed by atoms with Crippen molar-refractivity contribution in [2.75, 3.05) is 90.1 Å². The van der Waals surface area contributed by atoms with Crippen molar-refractivity contribution in [3.05, 3.63) is 327 Å². The number of aldehydes is 1. The molecule has 0 unspecified atom stereocenters. The van der Waals surface area contributed by atoms with E-state index in [-0.39, 0.29) is 97.3 Å². The molecule has 0 N–H and O–H groups in total. The van der Waals surface area contributed by atoms with Gasteiger partial charge in [0.05, 0.1) is 0 Å². The molecule has 0 amide bonds. The normalized spacial score (nSPS) is 9.79. The van der Waals surface area contributed by atoms with Crippen molar-refractivity contribution in [3.8, 4) is 0 Å². The van der Waals surface area contributed by atoms with E-state index in [4.69, 9.17) is 120 Å². The van der Waals surface area contributed by atoms with E-state index in [1.807, 2.05) is 87.7 Å². The third-order valence-corrected chi connectivity index (χ3v) is 18.0. The molecule has 118 heavy (non-hydrogen) atoms. The molecule has 0 heterocycles. The summed E-state index contributed by atoms with van der Waals surface area (Å²) in [6.45, 7) is 1.96. The summed E-state index contributed by atoms with van der Waals surface area (Å²) in [5.41, 5.74) is 22.8. The van der Waals surface area contributed by atoms with Gasteiger partial charge < -0.3 is 19.6 Å². The summed E-state index contributed by atoms with van der Waals surface area (Å²) < 4.78 is 25.8. The summed E-state index contributed by atoms with van der Waals surface area (Å²) in [5.74, 6) is 0.224. The van der Waals surface area contributed by atoms with Gasteiger partial charge in [0.25, 0.3) is 13.7 Å². The Hall–Kier alpha value is -3.70. The number of hydrogen-bond acceptors (Lipinski definition) is 13.